The number of hydrogen-bond acceptors (Lipinski definition) is 1. The first-order chi connectivity index (χ1) is 8.00. The Morgan fingerprint density at radius 1 is 1.12 bits per heavy atom. The van der Waals surface area contributed by atoms with Gasteiger partial charge in [0.05, 0.1) is 6.10 Å². The van der Waals surface area contributed by atoms with Gasteiger partial charge in [0.1, 0.15) is 5.82 Å². The molecule has 17 heavy (non-hydrogen) atoms. The highest BCUT2D eigenvalue weighted by atomic mass is 19.2. The number of halogens is 3. The van der Waals surface area contributed by atoms with Crippen molar-refractivity contribution in [3.8, 4) is 0 Å². The minimum absolute atomic E-state index is 0.0747. The summed E-state index contributed by atoms with van der Waals surface area (Å²) >= 11 is 0. The highest BCUT2D eigenvalue weighted by Gasteiger charge is 2.32. The molecule has 0 aromatic heterocycles. The van der Waals surface area contributed by atoms with Crippen LogP contribution in [0, 0.1) is 29.3 Å². The van der Waals surface area contributed by atoms with Gasteiger partial charge >= 0.3 is 0 Å². The smallest absolute Gasteiger partial charge is 0.161 e. The maximum Gasteiger partial charge on any atom is 0.161 e. The third kappa shape index (κ3) is 2.32. The number of rotatable bonds is 2. The molecule has 1 nitrogen and oxygen atoms in total. The molecule has 1 aromatic carbocycles. The lowest BCUT2D eigenvalue weighted by Gasteiger charge is -2.23. The Morgan fingerprint density at radius 2 is 1.76 bits per heavy atom. The Balaban J connectivity index is 2.30. The topological polar surface area (TPSA) is 20.2 Å². The van der Waals surface area contributed by atoms with E-state index in [9.17, 15) is 18.3 Å². The SMILES string of the molecule is CC1CCCC1C(O)c1cc(F)c(F)cc1F. The van der Waals surface area contributed by atoms with E-state index in [1.165, 1.54) is 0 Å². The van der Waals surface area contributed by atoms with Gasteiger partial charge in [0.2, 0.25) is 0 Å². The lowest BCUT2D eigenvalue weighted by molar-refractivity contribution is 0.0861. The monoisotopic (exact) mass is 244 g/mol. The van der Waals surface area contributed by atoms with Gasteiger partial charge in [-0.05, 0) is 24.3 Å². The number of aliphatic hydroxyl groups excluding tert-OH is 1. The molecule has 0 radical (unpaired) electrons. The summed E-state index contributed by atoms with van der Waals surface area (Å²) in [4.78, 5) is 0. The van der Waals surface area contributed by atoms with E-state index in [1.807, 2.05) is 6.92 Å². The van der Waals surface area contributed by atoms with E-state index in [-0.39, 0.29) is 17.4 Å². The normalized spacial score (nSPS) is 26.2. The molecular formula is C13H15F3O. The van der Waals surface area contributed by atoms with E-state index in [0.717, 1.165) is 25.3 Å². The zero-order chi connectivity index (χ0) is 12.6. The lowest BCUT2D eigenvalue weighted by Crippen LogP contribution is -2.16. The average molecular weight is 244 g/mol. The lowest BCUT2D eigenvalue weighted by atomic mass is 9.88. The third-order valence-electron chi connectivity index (χ3n) is 3.69. The highest BCUT2D eigenvalue weighted by molar-refractivity contribution is 5.23. The standard InChI is InChI=1S/C13H15F3O/c1-7-3-2-4-8(7)13(17)9-5-11(15)12(16)6-10(9)14/h5-8,13,17H,2-4H2,1H3. The second-order valence-electron chi connectivity index (χ2n) is 4.80. The second kappa shape index (κ2) is 4.69. The highest BCUT2D eigenvalue weighted by Crippen LogP contribution is 2.40. The Bertz CT molecular complexity index is 419. The predicted molar refractivity (Wildman–Crippen MR) is 57.8 cm³/mol. The van der Waals surface area contributed by atoms with Gasteiger partial charge in [-0.1, -0.05) is 19.8 Å². The summed E-state index contributed by atoms with van der Waals surface area (Å²) in [7, 11) is 0. The summed E-state index contributed by atoms with van der Waals surface area (Å²) in [5, 5.41) is 10.1. The average Bonchev–Trinajstić information content (AvgIpc) is 2.69. The molecule has 0 aliphatic heterocycles. The Hall–Kier alpha value is -1.03. The molecule has 1 saturated carbocycles. The fraction of sp³-hybridized carbons (Fsp3) is 0.538. The van der Waals surface area contributed by atoms with Crippen LogP contribution in [0.3, 0.4) is 0 Å². The molecule has 3 unspecified atom stereocenters. The number of benzene rings is 1. The molecule has 1 aromatic rings. The molecular weight excluding hydrogens is 229 g/mol. The van der Waals surface area contributed by atoms with Crippen molar-refractivity contribution in [3.05, 3.63) is 35.1 Å². The third-order valence-corrected chi connectivity index (χ3v) is 3.69. The first-order valence-corrected chi connectivity index (χ1v) is 5.83. The minimum atomic E-state index is -1.22. The van der Waals surface area contributed by atoms with Crippen molar-refractivity contribution in [1.82, 2.24) is 0 Å². The quantitative estimate of drug-likeness (QED) is 0.788. The molecule has 0 amide bonds. The van der Waals surface area contributed by atoms with Gasteiger partial charge in [-0.2, -0.15) is 0 Å². The summed E-state index contributed by atoms with van der Waals surface area (Å²) in [5.41, 5.74) is -0.136. The zero-order valence-corrected chi connectivity index (χ0v) is 9.59. The van der Waals surface area contributed by atoms with Crippen molar-refractivity contribution >= 4 is 0 Å². The molecule has 1 aliphatic rings. The van der Waals surface area contributed by atoms with Crippen LogP contribution < -0.4 is 0 Å². The maximum absolute atomic E-state index is 13.5. The fourth-order valence-corrected chi connectivity index (χ4v) is 2.64. The molecule has 2 rings (SSSR count). The minimum Gasteiger partial charge on any atom is -0.388 e. The Labute approximate surface area is 98.3 Å². The van der Waals surface area contributed by atoms with Crippen LogP contribution in [0.4, 0.5) is 13.2 Å². The largest absolute Gasteiger partial charge is 0.388 e. The second-order valence-corrected chi connectivity index (χ2v) is 4.80. The van der Waals surface area contributed by atoms with Crippen molar-refractivity contribution in [2.75, 3.05) is 0 Å². The molecule has 3 atom stereocenters. The first-order valence-electron chi connectivity index (χ1n) is 5.83. The summed E-state index contributed by atoms with van der Waals surface area (Å²) in [6.45, 7) is 1.98. The van der Waals surface area contributed by atoms with E-state index >= 15 is 0 Å². The molecule has 94 valence electrons. The Morgan fingerprint density at radius 3 is 2.35 bits per heavy atom. The Kier molecular flexibility index (Phi) is 3.43. The number of hydrogen-bond donors (Lipinski definition) is 1. The van der Waals surface area contributed by atoms with Crippen molar-refractivity contribution in [2.45, 2.75) is 32.3 Å². The number of aliphatic hydroxyl groups is 1. The van der Waals surface area contributed by atoms with Gasteiger partial charge in [0.15, 0.2) is 11.6 Å². The van der Waals surface area contributed by atoms with E-state index in [4.69, 9.17) is 0 Å². The van der Waals surface area contributed by atoms with Crippen LogP contribution >= 0.6 is 0 Å². The van der Waals surface area contributed by atoms with Crippen molar-refractivity contribution < 1.29 is 18.3 Å². The molecule has 0 spiro atoms. The van der Waals surface area contributed by atoms with Crippen molar-refractivity contribution in [1.29, 1.82) is 0 Å². The van der Waals surface area contributed by atoms with Gasteiger partial charge in [-0.15, -0.1) is 0 Å². The van der Waals surface area contributed by atoms with Crippen LogP contribution in [0.25, 0.3) is 0 Å². The van der Waals surface area contributed by atoms with E-state index in [0.29, 0.717) is 6.07 Å². The van der Waals surface area contributed by atoms with Crippen LogP contribution in [0.15, 0.2) is 12.1 Å². The molecule has 0 heterocycles. The molecule has 0 saturated heterocycles. The van der Waals surface area contributed by atoms with Crippen LogP contribution in [0.5, 0.6) is 0 Å². The molecule has 1 aliphatic carbocycles. The van der Waals surface area contributed by atoms with Crippen LogP contribution in [0.1, 0.15) is 37.9 Å². The van der Waals surface area contributed by atoms with Crippen LogP contribution in [0.2, 0.25) is 0 Å². The van der Waals surface area contributed by atoms with Gasteiger partial charge in [-0.25, -0.2) is 13.2 Å². The van der Waals surface area contributed by atoms with Crippen LogP contribution in [-0.4, -0.2) is 5.11 Å². The fourth-order valence-electron chi connectivity index (χ4n) is 2.64. The summed E-state index contributed by atoms with van der Waals surface area (Å²) in [5.74, 6) is -3.02. The van der Waals surface area contributed by atoms with Crippen molar-refractivity contribution in [2.24, 2.45) is 11.8 Å². The van der Waals surface area contributed by atoms with E-state index in [2.05, 4.69) is 0 Å². The zero-order valence-electron chi connectivity index (χ0n) is 9.59. The molecule has 1 N–H and O–H groups in total. The predicted octanol–water partition coefficient (Wildman–Crippen LogP) is 3.57. The maximum atomic E-state index is 13.5. The van der Waals surface area contributed by atoms with Crippen molar-refractivity contribution in [3.63, 3.8) is 0 Å². The summed E-state index contributed by atoms with van der Waals surface area (Å²) in [6.07, 6.45) is 1.70. The summed E-state index contributed by atoms with van der Waals surface area (Å²) in [6, 6.07) is 1.26. The van der Waals surface area contributed by atoms with E-state index < -0.39 is 23.6 Å². The van der Waals surface area contributed by atoms with Gasteiger partial charge in [-0.3, -0.25) is 0 Å². The van der Waals surface area contributed by atoms with Gasteiger partial charge in [0.25, 0.3) is 0 Å². The molecule has 1 fully saturated rings. The summed E-state index contributed by atoms with van der Waals surface area (Å²) < 4.78 is 39.3. The van der Waals surface area contributed by atoms with E-state index in [1.54, 1.807) is 0 Å². The van der Waals surface area contributed by atoms with Crippen LogP contribution in [-0.2, 0) is 0 Å². The van der Waals surface area contributed by atoms with Gasteiger partial charge < -0.3 is 5.11 Å². The molecule has 4 heteroatoms. The van der Waals surface area contributed by atoms with Gasteiger partial charge in [0, 0.05) is 11.6 Å². The first kappa shape index (κ1) is 12.4. The molecule has 0 bridgehead atoms.